The van der Waals surface area contributed by atoms with E-state index in [-0.39, 0.29) is 12.0 Å². The maximum Gasteiger partial charge on any atom is 0.305 e. The molecule has 0 aliphatic carbocycles. The fourth-order valence-electron chi connectivity index (χ4n) is 2.70. The first-order chi connectivity index (χ1) is 8.11. The van der Waals surface area contributed by atoms with Crippen LogP contribution >= 0.6 is 0 Å². The highest BCUT2D eigenvalue weighted by Crippen LogP contribution is 2.17. The normalized spacial score (nSPS) is 25.5. The van der Waals surface area contributed by atoms with E-state index in [1.807, 2.05) is 0 Å². The van der Waals surface area contributed by atoms with Gasteiger partial charge in [0.05, 0.1) is 12.0 Å². The van der Waals surface area contributed by atoms with Crippen LogP contribution in [-0.2, 0) is 4.79 Å². The second-order valence-electron chi connectivity index (χ2n) is 5.43. The number of aliphatic carboxylic acids is 1. The zero-order valence-electron chi connectivity index (χ0n) is 10.5. The standard InChI is InChI=1S/C12H23N3O2/c1-10(15-4-2-3-5-15)7-14-12(6-11(16)17)8-13-9-12/h10,13-14H,2-9H2,1H3,(H,16,17). The van der Waals surface area contributed by atoms with Gasteiger partial charge in [0.15, 0.2) is 0 Å². The number of nitrogens with zero attached hydrogens (tertiary/aromatic N) is 1. The molecule has 2 heterocycles. The summed E-state index contributed by atoms with van der Waals surface area (Å²) in [7, 11) is 0. The Bertz CT molecular complexity index is 273. The molecule has 2 aliphatic heterocycles. The largest absolute Gasteiger partial charge is 0.481 e. The molecule has 1 atom stereocenters. The SMILES string of the molecule is CC(CNC1(CC(=O)O)CNC1)N1CCCC1. The Morgan fingerprint density at radius 3 is 2.59 bits per heavy atom. The number of hydrogen-bond acceptors (Lipinski definition) is 4. The topological polar surface area (TPSA) is 64.6 Å². The predicted octanol–water partition coefficient (Wildman–Crippen LogP) is -0.123. The number of hydrogen-bond donors (Lipinski definition) is 3. The zero-order valence-corrected chi connectivity index (χ0v) is 10.5. The fourth-order valence-corrected chi connectivity index (χ4v) is 2.70. The number of rotatable bonds is 6. The highest BCUT2D eigenvalue weighted by Gasteiger charge is 2.39. The maximum absolute atomic E-state index is 10.8. The van der Waals surface area contributed by atoms with Crippen molar-refractivity contribution in [2.24, 2.45) is 0 Å². The van der Waals surface area contributed by atoms with Gasteiger partial charge in [-0.05, 0) is 32.9 Å². The lowest BCUT2D eigenvalue weighted by Gasteiger charge is -2.43. The van der Waals surface area contributed by atoms with Gasteiger partial charge in [-0.15, -0.1) is 0 Å². The third-order valence-electron chi connectivity index (χ3n) is 3.95. The molecule has 2 saturated heterocycles. The highest BCUT2D eigenvalue weighted by molar-refractivity contribution is 5.68. The molecule has 0 aromatic heterocycles. The average Bonchev–Trinajstić information content (AvgIpc) is 2.74. The molecular formula is C12H23N3O2. The summed E-state index contributed by atoms with van der Waals surface area (Å²) in [4.78, 5) is 13.3. The Kier molecular flexibility index (Phi) is 4.01. The summed E-state index contributed by atoms with van der Waals surface area (Å²) in [5.41, 5.74) is -0.209. The van der Waals surface area contributed by atoms with Crippen LogP contribution in [0.25, 0.3) is 0 Å². The molecule has 5 nitrogen and oxygen atoms in total. The molecule has 0 aromatic rings. The van der Waals surface area contributed by atoms with E-state index in [4.69, 9.17) is 5.11 Å². The lowest BCUT2D eigenvalue weighted by molar-refractivity contribution is -0.139. The van der Waals surface area contributed by atoms with Gasteiger partial charge in [0.1, 0.15) is 0 Å². The predicted molar refractivity (Wildman–Crippen MR) is 66.1 cm³/mol. The Balaban J connectivity index is 1.77. The Morgan fingerprint density at radius 1 is 1.47 bits per heavy atom. The highest BCUT2D eigenvalue weighted by atomic mass is 16.4. The van der Waals surface area contributed by atoms with Crippen molar-refractivity contribution in [2.75, 3.05) is 32.7 Å². The van der Waals surface area contributed by atoms with Crippen molar-refractivity contribution >= 4 is 5.97 Å². The van der Waals surface area contributed by atoms with Crippen molar-refractivity contribution in [3.8, 4) is 0 Å². The zero-order chi connectivity index (χ0) is 12.3. The summed E-state index contributed by atoms with van der Waals surface area (Å²) >= 11 is 0. The van der Waals surface area contributed by atoms with E-state index in [2.05, 4.69) is 22.5 Å². The van der Waals surface area contributed by atoms with Gasteiger partial charge >= 0.3 is 5.97 Å². The van der Waals surface area contributed by atoms with Crippen LogP contribution < -0.4 is 10.6 Å². The number of nitrogens with one attached hydrogen (secondary N) is 2. The summed E-state index contributed by atoms with van der Waals surface area (Å²) in [6.45, 7) is 7.02. The van der Waals surface area contributed by atoms with Gasteiger partial charge in [0.2, 0.25) is 0 Å². The molecule has 2 rings (SSSR count). The van der Waals surface area contributed by atoms with Gasteiger partial charge in [-0.1, -0.05) is 0 Å². The first-order valence-corrected chi connectivity index (χ1v) is 6.53. The van der Waals surface area contributed by atoms with E-state index >= 15 is 0 Å². The summed E-state index contributed by atoms with van der Waals surface area (Å²) in [6.07, 6.45) is 2.81. The van der Waals surface area contributed by atoms with E-state index in [0.29, 0.717) is 6.04 Å². The van der Waals surface area contributed by atoms with Crippen molar-refractivity contribution in [3.05, 3.63) is 0 Å². The van der Waals surface area contributed by atoms with Gasteiger partial charge < -0.3 is 15.7 Å². The van der Waals surface area contributed by atoms with E-state index in [0.717, 1.165) is 19.6 Å². The first kappa shape index (κ1) is 12.8. The molecule has 17 heavy (non-hydrogen) atoms. The van der Waals surface area contributed by atoms with Crippen LogP contribution in [0.5, 0.6) is 0 Å². The van der Waals surface area contributed by atoms with Gasteiger partial charge in [-0.2, -0.15) is 0 Å². The van der Waals surface area contributed by atoms with Crippen molar-refractivity contribution in [3.63, 3.8) is 0 Å². The third kappa shape index (κ3) is 3.18. The van der Waals surface area contributed by atoms with Crippen molar-refractivity contribution in [1.82, 2.24) is 15.5 Å². The maximum atomic E-state index is 10.8. The average molecular weight is 241 g/mol. The number of carboxylic acid groups (broad SMARTS) is 1. The van der Waals surface area contributed by atoms with E-state index < -0.39 is 5.97 Å². The lowest BCUT2D eigenvalue weighted by Crippen LogP contribution is -2.69. The third-order valence-corrected chi connectivity index (χ3v) is 3.95. The molecule has 1 unspecified atom stereocenters. The number of likely N-dealkylation sites (tertiary alicyclic amines) is 1. The van der Waals surface area contributed by atoms with Gasteiger partial charge in [0.25, 0.3) is 0 Å². The minimum atomic E-state index is -0.715. The van der Waals surface area contributed by atoms with Crippen LogP contribution in [-0.4, -0.2) is 60.3 Å². The molecule has 0 bridgehead atoms. The molecule has 5 heteroatoms. The summed E-state index contributed by atoms with van der Waals surface area (Å²) < 4.78 is 0. The van der Waals surface area contributed by atoms with Crippen LogP contribution in [0.2, 0.25) is 0 Å². The van der Waals surface area contributed by atoms with E-state index in [9.17, 15) is 4.79 Å². The molecule has 0 saturated carbocycles. The molecule has 0 radical (unpaired) electrons. The Hall–Kier alpha value is -0.650. The van der Waals surface area contributed by atoms with Crippen LogP contribution in [0.3, 0.4) is 0 Å². The molecule has 0 spiro atoms. The van der Waals surface area contributed by atoms with Crippen molar-refractivity contribution < 1.29 is 9.90 Å². The quantitative estimate of drug-likeness (QED) is 0.605. The molecule has 0 amide bonds. The number of carbonyl (C=O) groups is 1. The molecule has 98 valence electrons. The van der Waals surface area contributed by atoms with Crippen LogP contribution in [0.15, 0.2) is 0 Å². The van der Waals surface area contributed by atoms with E-state index in [1.165, 1.54) is 25.9 Å². The summed E-state index contributed by atoms with van der Waals surface area (Å²) in [6, 6.07) is 0.503. The Morgan fingerprint density at radius 2 is 2.12 bits per heavy atom. The van der Waals surface area contributed by atoms with Gasteiger partial charge in [-0.25, -0.2) is 0 Å². The van der Waals surface area contributed by atoms with Crippen LogP contribution in [0.4, 0.5) is 0 Å². The van der Waals surface area contributed by atoms with Gasteiger partial charge in [0, 0.05) is 25.7 Å². The van der Waals surface area contributed by atoms with E-state index in [1.54, 1.807) is 0 Å². The molecule has 3 N–H and O–H groups in total. The molecule has 0 aromatic carbocycles. The Labute approximate surface area is 103 Å². The molecule has 2 fully saturated rings. The van der Waals surface area contributed by atoms with Crippen molar-refractivity contribution in [2.45, 2.75) is 37.8 Å². The lowest BCUT2D eigenvalue weighted by atomic mass is 9.88. The summed E-state index contributed by atoms with van der Waals surface area (Å²) in [5.74, 6) is -0.715. The fraction of sp³-hybridized carbons (Fsp3) is 0.917. The minimum Gasteiger partial charge on any atom is -0.481 e. The second-order valence-corrected chi connectivity index (χ2v) is 5.43. The van der Waals surface area contributed by atoms with Gasteiger partial charge in [-0.3, -0.25) is 9.69 Å². The minimum absolute atomic E-state index is 0.209. The number of carboxylic acids is 1. The monoisotopic (exact) mass is 241 g/mol. The first-order valence-electron chi connectivity index (χ1n) is 6.53. The smallest absolute Gasteiger partial charge is 0.305 e. The van der Waals surface area contributed by atoms with Crippen LogP contribution in [0.1, 0.15) is 26.2 Å². The second kappa shape index (κ2) is 5.33. The van der Waals surface area contributed by atoms with Crippen molar-refractivity contribution in [1.29, 1.82) is 0 Å². The van der Waals surface area contributed by atoms with Crippen LogP contribution in [0, 0.1) is 0 Å². The summed E-state index contributed by atoms with van der Waals surface area (Å²) in [5, 5.41) is 15.5. The molecular weight excluding hydrogens is 218 g/mol. The molecule has 2 aliphatic rings.